The summed E-state index contributed by atoms with van der Waals surface area (Å²) in [6.07, 6.45) is 3.20. The van der Waals surface area contributed by atoms with Crippen LogP contribution in [0.3, 0.4) is 0 Å². The number of amides is 1. The Bertz CT molecular complexity index is 978. The van der Waals surface area contributed by atoms with Gasteiger partial charge in [0.2, 0.25) is 11.8 Å². The zero-order valence-corrected chi connectivity index (χ0v) is 14.7. The third-order valence-corrected chi connectivity index (χ3v) is 4.87. The fourth-order valence-corrected chi connectivity index (χ4v) is 3.51. The number of aromatic nitrogens is 4. The first-order valence-electron chi connectivity index (χ1n) is 9.15. The Morgan fingerprint density at radius 3 is 3.00 bits per heavy atom. The van der Waals surface area contributed by atoms with Crippen molar-refractivity contribution in [2.75, 3.05) is 19.7 Å². The lowest BCUT2D eigenvalue weighted by Gasteiger charge is -2.16. The van der Waals surface area contributed by atoms with Gasteiger partial charge in [-0.3, -0.25) is 4.79 Å². The molecule has 2 aliphatic rings. The molecule has 8 nitrogen and oxygen atoms in total. The average Bonchev–Trinajstić information content (AvgIpc) is 3.34. The van der Waals surface area contributed by atoms with Crippen molar-refractivity contribution in [3.05, 3.63) is 42.2 Å². The van der Waals surface area contributed by atoms with Crippen LogP contribution >= 0.6 is 0 Å². The van der Waals surface area contributed by atoms with E-state index in [4.69, 9.17) is 9.47 Å². The number of nitrogens with zero attached hydrogens (tertiary/aromatic N) is 5. The largest absolute Gasteiger partial charge is 0.478 e. The number of ether oxygens (including phenoxy) is 2. The molecule has 5 rings (SSSR count). The number of hydrogen-bond donors (Lipinski definition) is 0. The summed E-state index contributed by atoms with van der Waals surface area (Å²) in [6.45, 7) is 2.60. The van der Waals surface area contributed by atoms with E-state index >= 15 is 0 Å². The zero-order chi connectivity index (χ0) is 18.2. The minimum Gasteiger partial charge on any atom is -0.478 e. The number of fused-ring (bicyclic) bond motifs is 2. The number of rotatable bonds is 3. The summed E-state index contributed by atoms with van der Waals surface area (Å²) >= 11 is 0. The van der Waals surface area contributed by atoms with Crippen molar-refractivity contribution in [1.82, 2.24) is 24.6 Å². The first-order valence-corrected chi connectivity index (χ1v) is 9.15. The highest BCUT2D eigenvalue weighted by Gasteiger charge is 2.30. The maximum atomic E-state index is 12.7. The van der Waals surface area contributed by atoms with Crippen LogP contribution in [0.2, 0.25) is 0 Å². The Labute approximate surface area is 155 Å². The van der Waals surface area contributed by atoms with Crippen LogP contribution in [-0.2, 0) is 6.54 Å². The SMILES string of the molecule is O=C(c1cc2n(n1)CCCO2)N1CCC(Oc2cnc3ccccc3n2)C1. The number of aryl methyl sites for hydroxylation is 1. The molecule has 0 spiro atoms. The second-order valence-corrected chi connectivity index (χ2v) is 6.77. The molecule has 3 aromatic rings. The zero-order valence-electron chi connectivity index (χ0n) is 14.7. The predicted octanol–water partition coefficient (Wildman–Crippen LogP) is 1.90. The van der Waals surface area contributed by atoms with Gasteiger partial charge in [-0.25, -0.2) is 14.6 Å². The highest BCUT2D eigenvalue weighted by Crippen LogP contribution is 2.23. The molecule has 27 heavy (non-hydrogen) atoms. The van der Waals surface area contributed by atoms with Gasteiger partial charge in [0.1, 0.15) is 6.10 Å². The standard InChI is InChI=1S/C19H19N5O3/c25-19(16-10-18-24(22-16)7-3-9-26-18)23-8-6-13(12-23)27-17-11-20-14-4-1-2-5-15(14)21-17/h1-2,4-5,10-11,13H,3,6-9,12H2. The van der Waals surface area contributed by atoms with Gasteiger partial charge in [0, 0.05) is 32.0 Å². The Morgan fingerprint density at radius 2 is 2.11 bits per heavy atom. The molecule has 1 amide bonds. The van der Waals surface area contributed by atoms with Crippen LogP contribution in [0.4, 0.5) is 0 Å². The summed E-state index contributed by atoms with van der Waals surface area (Å²) < 4.78 is 13.3. The van der Waals surface area contributed by atoms with Crippen LogP contribution < -0.4 is 9.47 Å². The van der Waals surface area contributed by atoms with E-state index in [2.05, 4.69) is 15.1 Å². The molecule has 8 heteroatoms. The lowest BCUT2D eigenvalue weighted by molar-refractivity contribution is 0.0764. The first-order chi connectivity index (χ1) is 13.3. The average molecular weight is 365 g/mol. The van der Waals surface area contributed by atoms with Gasteiger partial charge in [-0.1, -0.05) is 12.1 Å². The van der Waals surface area contributed by atoms with Crippen LogP contribution in [0, 0.1) is 0 Å². The van der Waals surface area contributed by atoms with Crippen LogP contribution in [0.25, 0.3) is 11.0 Å². The van der Waals surface area contributed by atoms with Gasteiger partial charge >= 0.3 is 0 Å². The molecular weight excluding hydrogens is 346 g/mol. The maximum Gasteiger partial charge on any atom is 0.274 e. The number of para-hydroxylation sites is 2. The molecule has 2 aromatic heterocycles. The summed E-state index contributed by atoms with van der Waals surface area (Å²) in [6, 6.07) is 9.39. The van der Waals surface area contributed by atoms with E-state index in [1.54, 1.807) is 21.8 Å². The van der Waals surface area contributed by atoms with Crippen molar-refractivity contribution in [2.24, 2.45) is 0 Å². The summed E-state index contributed by atoms with van der Waals surface area (Å²) in [5.74, 6) is 1.07. The van der Waals surface area contributed by atoms with Crippen molar-refractivity contribution in [3.63, 3.8) is 0 Å². The number of carbonyl (C=O) groups is 1. The van der Waals surface area contributed by atoms with E-state index in [9.17, 15) is 4.79 Å². The Balaban J connectivity index is 1.26. The monoisotopic (exact) mass is 365 g/mol. The van der Waals surface area contributed by atoms with Crippen LogP contribution in [0.5, 0.6) is 11.8 Å². The van der Waals surface area contributed by atoms with Crippen molar-refractivity contribution in [3.8, 4) is 11.8 Å². The highest BCUT2D eigenvalue weighted by molar-refractivity contribution is 5.92. The molecule has 2 aliphatic heterocycles. The van der Waals surface area contributed by atoms with Gasteiger partial charge < -0.3 is 14.4 Å². The van der Waals surface area contributed by atoms with Crippen LogP contribution in [0.15, 0.2) is 36.5 Å². The Hall–Kier alpha value is -3.16. The van der Waals surface area contributed by atoms with Gasteiger partial charge in [0.25, 0.3) is 5.91 Å². The van der Waals surface area contributed by atoms with Crippen molar-refractivity contribution in [1.29, 1.82) is 0 Å². The second kappa shape index (κ2) is 6.53. The third kappa shape index (κ3) is 3.07. The van der Waals surface area contributed by atoms with Crippen molar-refractivity contribution < 1.29 is 14.3 Å². The van der Waals surface area contributed by atoms with E-state index in [-0.39, 0.29) is 12.0 Å². The van der Waals surface area contributed by atoms with Gasteiger partial charge in [-0.05, 0) is 12.1 Å². The quantitative estimate of drug-likeness (QED) is 0.705. The summed E-state index contributed by atoms with van der Waals surface area (Å²) in [7, 11) is 0. The summed E-state index contributed by atoms with van der Waals surface area (Å²) in [4.78, 5) is 23.4. The number of benzene rings is 1. The Morgan fingerprint density at radius 1 is 1.22 bits per heavy atom. The fraction of sp³-hybridized carbons (Fsp3) is 0.368. The molecule has 0 radical (unpaired) electrons. The Kier molecular flexibility index (Phi) is 3.88. The molecular formula is C19H19N5O3. The highest BCUT2D eigenvalue weighted by atomic mass is 16.5. The number of hydrogen-bond acceptors (Lipinski definition) is 6. The maximum absolute atomic E-state index is 12.7. The normalized spacial score (nSPS) is 19.0. The smallest absolute Gasteiger partial charge is 0.274 e. The van der Waals surface area contributed by atoms with E-state index in [1.807, 2.05) is 24.3 Å². The van der Waals surface area contributed by atoms with Gasteiger partial charge in [-0.2, -0.15) is 5.10 Å². The molecule has 1 saturated heterocycles. The molecule has 0 aliphatic carbocycles. The van der Waals surface area contributed by atoms with Crippen molar-refractivity contribution >= 4 is 16.9 Å². The minimum atomic E-state index is -0.0992. The molecule has 1 unspecified atom stereocenters. The lowest BCUT2D eigenvalue weighted by Crippen LogP contribution is -2.31. The van der Waals surface area contributed by atoms with E-state index < -0.39 is 0 Å². The molecule has 0 bridgehead atoms. The van der Waals surface area contributed by atoms with Crippen LogP contribution in [-0.4, -0.2) is 56.4 Å². The minimum absolute atomic E-state index is 0.0869. The van der Waals surface area contributed by atoms with Crippen LogP contribution in [0.1, 0.15) is 23.3 Å². The molecule has 1 atom stereocenters. The summed E-state index contributed by atoms with van der Waals surface area (Å²) in [5.41, 5.74) is 2.06. The molecule has 0 N–H and O–H groups in total. The van der Waals surface area contributed by atoms with E-state index in [0.29, 0.717) is 37.2 Å². The molecule has 138 valence electrons. The van der Waals surface area contributed by atoms with Gasteiger partial charge in [-0.15, -0.1) is 0 Å². The molecule has 4 heterocycles. The van der Waals surface area contributed by atoms with Gasteiger partial charge in [0.15, 0.2) is 5.69 Å². The fourth-order valence-electron chi connectivity index (χ4n) is 3.51. The van der Waals surface area contributed by atoms with Crippen molar-refractivity contribution in [2.45, 2.75) is 25.5 Å². The number of likely N-dealkylation sites (tertiary alicyclic amines) is 1. The van der Waals surface area contributed by atoms with E-state index in [0.717, 1.165) is 30.4 Å². The summed E-state index contributed by atoms with van der Waals surface area (Å²) in [5, 5.41) is 4.38. The lowest BCUT2D eigenvalue weighted by atomic mass is 10.3. The molecule has 1 fully saturated rings. The molecule has 0 saturated carbocycles. The van der Waals surface area contributed by atoms with E-state index in [1.165, 1.54) is 0 Å². The number of carbonyl (C=O) groups excluding carboxylic acids is 1. The topological polar surface area (TPSA) is 82.4 Å². The second-order valence-electron chi connectivity index (χ2n) is 6.77. The molecule has 1 aromatic carbocycles. The third-order valence-electron chi connectivity index (χ3n) is 4.87. The van der Waals surface area contributed by atoms with Gasteiger partial charge in [0.05, 0.1) is 30.4 Å². The predicted molar refractivity (Wildman–Crippen MR) is 96.8 cm³/mol. The first kappa shape index (κ1) is 16.0.